The summed E-state index contributed by atoms with van der Waals surface area (Å²) in [7, 11) is 0. The molecule has 0 unspecified atom stereocenters. The van der Waals surface area contributed by atoms with Gasteiger partial charge in [0.15, 0.2) is 12.4 Å². The van der Waals surface area contributed by atoms with Gasteiger partial charge in [-0.15, -0.1) is 0 Å². The van der Waals surface area contributed by atoms with Crippen LogP contribution in [0.1, 0.15) is 10.5 Å². The first-order valence-corrected chi connectivity index (χ1v) is 8.01. The summed E-state index contributed by atoms with van der Waals surface area (Å²) in [6, 6.07) is 11.7. The second-order valence-electron chi connectivity index (χ2n) is 5.38. The van der Waals surface area contributed by atoms with Crippen molar-refractivity contribution in [2.75, 3.05) is 5.32 Å². The Morgan fingerprint density at radius 3 is 2.81 bits per heavy atom. The van der Waals surface area contributed by atoms with Crippen LogP contribution in [0.2, 0.25) is 5.02 Å². The lowest BCUT2D eigenvalue weighted by atomic mass is 10.2. The van der Waals surface area contributed by atoms with E-state index in [0.717, 1.165) is 6.07 Å². The van der Waals surface area contributed by atoms with Gasteiger partial charge in [0.1, 0.15) is 11.5 Å². The average Bonchev–Trinajstić information content (AvgIpc) is 3.11. The summed E-state index contributed by atoms with van der Waals surface area (Å²) in [6.07, 6.45) is 1.55. The largest absolute Gasteiger partial charge is 0.506 e. The van der Waals surface area contributed by atoms with E-state index in [2.05, 4.69) is 10.4 Å². The van der Waals surface area contributed by atoms with Crippen molar-refractivity contribution in [3.8, 4) is 11.5 Å². The number of carbonyl (C=O) groups is 1. The third-order valence-electron chi connectivity index (χ3n) is 3.47. The molecule has 0 radical (unpaired) electrons. The molecule has 3 aromatic rings. The molecule has 1 heterocycles. The first-order chi connectivity index (χ1) is 12.9. The number of ether oxygens (including phenoxy) is 1. The maximum Gasteiger partial charge on any atom is 0.276 e. The Kier molecular flexibility index (Phi) is 5.23. The molecule has 0 saturated carbocycles. The van der Waals surface area contributed by atoms with E-state index in [4.69, 9.17) is 16.3 Å². The molecule has 138 valence electrons. The molecule has 27 heavy (non-hydrogen) atoms. The van der Waals surface area contributed by atoms with E-state index in [9.17, 15) is 20.0 Å². The number of amides is 1. The molecule has 0 saturated heterocycles. The Hall–Kier alpha value is -3.59. The molecule has 3 rings (SSSR count). The number of aromatic nitrogens is 2. The quantitative estimate of drug-likeness (QED) is 0.379. The van der Waals surface area contributed by atoms with Crippen LogP contribution < -0.4 is 10.1 Å². The summed E-state index contributed by atoms with van der Waals surface area (Å²) in [5.41, 5.74) is -0.161. The second kappa shape index (κ2) is 7.75. The number of phenolic OH excluding ortho intramolecular Hbond substituents is 1. The van der Waals surface area contributed by atoms with E-state index in [1.165, 1.54) is 22.9 Å². The van der Waals surface area contributed by atoms with Crippen molar-refractivity contribution in [3.05, 3.63) is 75.6 Å². The SMILES string of the molecule is O=C(Nc1ccc([N+](=O)[O-])cc1O)c1ccn(COc2cccc(Cl)c2)n1. The first kappa shape index (κ1) is 18.2. The van der Waals surface area contributed by atoms with Gasteiger partial charge in [0.25, 0.3) is 11.6 Å². The Labute approximate surface area is 157 Å². The van der Waals surface area contributed by atoms with Crippen molar-refractivity contribution in [3.63, 3.8) is 0 Å². The normalized spacial score (nSPS) is 10.4. The minimum absolute atomic E-state index is 0.0373. The molecular formula is C17H13ClN4O5. The summed E-state index contributed by atoms with van der Waals surface area (Å²) in [5.74, 6) is -0.443. The van der Waals surface area contributed by atoms with E-state index in [1.807, 2.05) is 0 Å². The zero-order chi connectivity index (χ0) is 19.4. The van der Waals surface area contributed by atoms with E-state index < -0.39 is 16.6 Å². The van der Waals surface area contributed by atoms with Gasteiger partial charge < -0.3 is 15.2 Å². The first-order valence-electron chi connectivity index (χ1n) is 7.63. The van der Waals surface area contributed by atoms with Crippen LogP contribution in [0.5, 0.6) is 11.5 Å². The number of nitro benzene ring substituents is 1. The van der Waals surface area contributed by atoms with Crippen molar-refractivity contribution in [1.82, 2.24) is 9.78 Å². The number of benzene rings is 2. The number of aromatic hydroxyl groups is 1. The summed E-state index contributed by atoms with van der Waals surface area (Å²) >= 11 is 5.88. The minimum Gasteiger partial charge on any atom is -0.506 e. The van der Waals surface area contributed by atoms with Crippen molar-refractivity contribution in [2.45, 2.75) is 6.73 Å². The predicted molar refractivity (Wildman–Crippen MR) is 97.0 cm³/mol. The molecule has 10 heteroatoms. The maximum atomic E-state index is 12.2. The number of nitrogens with zero attached hydrogens (tertiary/aromatic N) is 3. The number of hydrogen-bond donors (Lipinski definition) is 2. The monoisotopic (exact) mass is 388 g/mol. The Morgan fingerprint density at radius 2 is 2.11 bits per heavy atom. The number of nitrogens with one attached hydrogen (secondary N) is 1. The predicted octanol–water partition coefficient (Wildman–Crippen LogP) is 3.44. The van der Waals surface area contributed by atoms with Gasteiger partial charge >= 0.3 is 0 Å². The molecule has 0 aliphatic heterocycles. The van der Waals surface area contributed by atoms with E-state index in [-0.39, 0.29) is 23.8 Å². The van der Waals surface area contributed by atoms with Crippen molar-refractivity contribution >= 4 is 28.9 Å². The van der Waals surface area contributed by atoms with E-state index in [1.54, 1.807) is 30.5 Å². The molecule has 2 N–H and O–H groups in total. The average molecular weight is 389 g/mol. The number of rotatable bonds is 6. The second-order valence-corrected chi connectivity index (χ2v) is 5.82. The van der Waals surface area contributed by atoms with Gasteiger partial charge in [-0.1, -0.05) is 17.7 Å². The van der Waals surface area contributed by atoms with Gasteiger partial charge in [-0.05, 0) is 30.3 Å². The van der Waals surface area contributed by atoms with E-state index >= 15 is 0 Å². The zero-order valence-corrected chi connectivity index (χ0v) is 14.5. The molecule has 2 aromatic carbocycles. The highest BCUT2D eigenvalue weighted by Crippen LogP contribution is 2.28. The standard InChI is InChI=1S/C17H13ClN4O5/c18-11-2-1-3-13(8-11)27-10-21-7-6-15(20-21)17(24)19-14-5-4-12(22(25)26)9-16(14)23/h1-9,23H,10H2,(H,19,24). The molecule has 0 aliphatic carbocycles. The molecular weight excluding hydrogens is 376 g/mol. The van der Waals surface area contributed by atoms with Gasteiger partial charge in [0.05, 0.1) is 16.7 Å². The highest BCUT2D eigenvalue weighted by Gasteiger charge is 2.15. The highest BCUT2D eigenvalue weighted by molar-refractivity contribution is 6.30. The van der Waals surface area contributed by atoms with Gasteiger partial charge in [-0.3, -0.25) is 14.9 Å². The lowest BCUT2D eigenvalue weighted by Gasteiger charge is -2.07. The van der Waals surface area contributed by atoms with Crippen molar-refractivity contribution in [1.29, 1.82) is 0 Å². The Morgan fingerprint density at radius 1 is 1.30 bits per heavy atom. The van der Waals surface area contributed by atoms with Crippen LogP contribution in [0, 0.1) is 10.1 Å². The van der Waals surface area contributed by atoms with Gasteiger partial charge in [0, 0.05) is 17.3 Å². The third-order valence-corrected chi connectivity index (χ3v) is 3.71. The number of phenols is 1. The van der Waals surface area contributed by atoms with Crippen LogP contribution in [0.3, 0.4) is 0 Å². The number of carbonyl (C=O) groups excluding carboxylic acids is 1. The minimum atomic E-state index is -0.646. The molecule has 1 aromatic heterocycles. The molecule has 0 bridgehead atoms. The van der Waals surface area contributed by atoms with Crippen molar-refractivity contribution in [2.24, 2.45) is 0 Å². The van der Waals surface area contributed by atoms with Crippen LogP contribution in [-0.2, 0) is 6.73 Å². The smallest absolute Gasteiger partial charge is 0.276 e. The van der Waals surface area contributed by atoms with E-state index in [0.29, 0.717) is 10.8 Å². The maximum absolute atomic E-state index is 12.2. The van der Waals surface area contributed by atoms with Gasteiger partial charge in [-0.2, -0.15) is 5.10 Å². The summed E-state index contributed by atoms with van der Waals surface area (Å²) in [4.78, 5) is 22.2. The van der Waals surface area contributed by atoms with Crippen molar-refractivity contribution < 1.29 is 19.6 Å². The van der Waals surface area contributed by atoms with Gasteiger partial charge in [0.2, 0.25) is 0 Å². The highest BCUT2D eigenvalue weighted by atomic mass is 35.5. The number of anilines is 1. The molecule has 0 spiro atoms. The van der Waals surface area contributed by atoms with Gasteiger partial charge in [-0.25, -0.2) is 4.68 Å². The molecule has 9 nitrogen and oxygen atoms in total. The number of non-ortho nitro benzene ring substituents is 1. The van der Waals surface area contributed by atoms with Crippen LogP contribution in [0.15, 0.2) is 54.7 Å². The van der Waals surface area contributed by atoms with Crippen LogP contribution in [-0.4, -0.2) is 25.7 Å². The number of nitro groups is 1. The Balaban J connectivity index is 1.64. The van der Waals surface area contributed by atoms with Crippen LogP contribution >= 0.6 is 11.6 Å². The third kappa shape index (κ3) is 4.53. The lowest BCUT2D eigenvalue weighted by molar-refractivity contribution is -0.384. The zero-order valence-electron chi connectivity index (χ0n) is 13.7. The fourth-order valence-electron chi connectivity index (χ4n) is 2.18. The molecule has 0 fully saturated rings. The van der Waals surface area contributed by atoms with Crippen LogP contribution in [0.4, 0.5) is 11.4 Å². The number of halogens is 1. The molecule has 0 aliphatic rings. The molecule has 1 amide bonds. The summed E-state index contributed by atoms with van der Waals surface area (Å²) in [5, 5.41) is 27.5. The lowest BCUT2D eigenvalue weighted by Crippen LogP contribution is -2.14. The summed E-state index contributed by atoms with van der Waals surface area (Å²) < 4.78 is 6.93. The fourth-order valence-corrected chi connectivity index (χ4v) is 2.36. The fraction of sp³-hybridized carbons (Fsp3) is 0.0588. The Bertz CT molecular complexity index is 1000. The number of hydrogen-bond acceptors (Lipinski definition) is 6. The summed E-state index contributed by atoms with van der Waals surface area (Å²) in [6.45, 7) is 0.0659. The topological polar surface area (TPSA) is 120 Å². The van der Waals surface area contributed by atoms with Crippen LogP contribution in [0.25, 0.3) is 0 Å². The molecule has 0 atom stereocenters.